The molecule has 0 spiro atoms. The van der Waals surface area contributed by atoms with Crippen molar-refractivity contribution in [3.63, 3.8) is 0 Å². The van der Waals surface area contributed by atoms with Crippen LogP contribution in [-0.4, -0.2) is 15.6 Å². The third-order valence-electron chi connectivity index (χ3n) is 2.73. The van der Waals surface area contributed by atoms with Gasteiger partial charge in [0.05, 0.1) is 12.0 Å². The van der Waals surface area contributed by atoms with Gasteiger partial charge in [0, 0.05) is 30.4 Å². The first kappa shape index (κ1) is 13.1. The van der Waals surface area contributed by atoms with Gasteiger partial charge >= 0.3 is 0 Å². The second-order valence-corrected chi connectivity index (χ2v) is 5.11. The van der Waals surface area contributed by atoms with Crippen molar-refractivity contribution in [3.8, 4) is 0 Å². The van der Waals surface area contributed by atoms with E-state index in [0.717, 1.165) is 18.1 Å². The van der Waals surface area contributed by atoms with Gasteiger partial charge in [0.15, 0.2) is 0 Å². The molecule has 0 amide bonds. The Kier molecular flexibility index (Phi) is 4.39. The molecule has 0 saturated carbocycles. The number of hydrogen-bond donors (Lipinski definition) is 1. The number of imidazole rings is 1. The maximum Gasteiger partial charge on any atom is 0.0951 e. The van der Waals surface area contributed by atoms with Gasteiger partial charge in [-0.15, -0.1) is 0 Å². The van der Waals surface area contributed by atoms with Crippen molar-refractivity contribution in [1.82, 2.24) is 14.9 Å². The lowest BCUT2D eigenvalue weighted by atomic mass is 10.2. The van der Waals surface area contributed by atoms with Gasteiger partial charge in [-0.2, -0.15) is 0 Å². The fourth-order valence-corrected chi connectivity index (χ4v) is 1.99. The van der Waals surface area contributed by atoms with Crippen molar-refractivity contribution in [2.45, 2.75) is 33.0 Å². The molecule has 0 aliphatic rings. The molecule has 0 atom stereocenters. The van der Waals surface area contributed by atoms with Gasteiger partial charge in [-0.05, 0) is 17.7 Å². The predicted molar refractivity (Wildman–Crippen MR) is 74.8 cm³/mol. The lowest BCUT2D eigenvalue weighted by Crippen LogP contribution is -2.23. The van der Waals surface area contributed by atoms with Crippen LogP contribution in [0.15, 0.2) is 36.8 Å². The third kappa shape index (κ3) is 3.59. The minimum Gasteiger partial charge on any atom is -0.329 e. The van der Waals surface area contributed by atoms with Crippen molar-refractivity contribution in [3.05, 3.63) is 53.1 Å². The largest absolute Gasteiger partial charge is 0.329 e. The van der Waals surface area contributed by atoms with E-state index >= 15 is 0 Å². The first-order valence-corrected chi connectivity index (χ1v) is 6.50. The number of benzene rings is 1. The second kappa shape index (κ2) is 6.03. The van der Waals surface area contributed by atoms with Crippen molar-refractivity contribution >= 4 is 11.6 Å². The molecule has 0 saturated heterocycles. The first-order valence-electron chi connectivity index (χ1n) is 6.12. The summed E-state index contributed by atoms with van der Waals surface area (Å²) in [5.74, 6) is 0. The highest BCUT2D eigenvalue weighted by molar-refractivity contribution is 6.30. The second-order valence-electron chi connectivity index (χ2n) is 4.68. The standard InChI is InChI=1S/C14H18ClN3/c1-11(2)17-8-14-7-16-10-18(14)9-12-4-3-5-13(15)6-12/h3-7,10-11,17H,8-9H2,1-2H3. The highest BCUT2D eigenvalue weighted by atomic mass is 35.5. The van der Waals surface area contributed by atoms with Crippen LogP contribution in [0.25, 0.3) is 0 Å². The summed E-state index contributed by atoms with van der Waals surface area (Å²) in [6, 6.07) is 8.40. The van der Waals surface area contributed by atoms with Crippen molar-refractivity contribution in [2.24, 2.45) is 0 Å². The average molecular weight is 264 g/mol. The molecule has 2 aromatic rings. The average Bonchev–Trinajstić information content (AvgIpc) is 2.74. The number of rotatable bonds is 5. The van der Waals surface area contributed by atoms with Crippen LogP contribution in [0.5, 0.6) is 0 Å². The van der Waals surface area contributed by atoms with Gasteiger partial charge in [0.2, 0.25) is 0 Å². The van der Waals surface area contributed by atoms with Crippen LogP contribution in [0.2, 0.25) is 5.02 Å². The SMILES string of the molecule is CC(C)NCc1cncn1Cc1cccc(Cl)c1. The Morgan fingerprint density at radius 3 is 2.94 bits per heavy atom. The lowest BCUT2D eigenvalue weighted by molar-refractivity contribution is 0.564. The zero-order valence-corrected chi connectivity index (χ0v) is 11.5. The Balaban J connectivity index is 2.07. The molecule has 1 N–H and O–H groups in total. The van der Waals surface area contributed by atoms with Crippen LogP contribution in [0.1, 0.15) is 25.1 Å². The summed E-state index contributed by atoms with van der Waals surface area (Å²) >= 11 is 5.99. The molecule has 1 aromatic carbocycles. The predicted octanol–water partition coefficient (Wildman–Crippen LogP) is 3.08. The lowest BCUT2D eigenvalue weighted by Gasteiger charge is -2.11. The van der Waals surface area contributed by atoms with E-state index in [9.17, 15) is 0 Å². The fraction of sp³-hybridized carbons (Fsp3) is 0.357. The van der Waals surface area contributed by atoms with Crippen LogP contribution < -0.4 is 5.32 Å². The number of aromatic nitrogens is 2. The van der Waals surface area contributed by atoms with Gasteiger partial charge in [0.1, 0.15) is 0 Å². The summed E-state index contributed by atoms with van der Waals surface area (Å²) in [7, 11) is 0. The van der Waals surface area contributed by atoms with E-state index in [4.69, 9.17) is 11.6 Å². The summed E-state index contributed by atoms with van der Waals surface area (Å²) in [6.07, 6.45) is 3.76. The summed E-state index contributed by atoms with van der Waals surface area (Å²) in [6.45, 7) is 5.91. The van der Waals surface area contributed by atoms with Crippen LogP contribution in [-0.2, 0) is 13.1 Å². The fourth-order valence-electron chi connectivity index (χ4n) is 1.78. The van der Waals surface area contributed by atoms with E-state index in [-0.39, 0.29) is 0 Å². The zero-order valence-electron chi connectivity index (χ0n) is 10.7. The van der Waals surface area contributed by atoms with Gasteiger partial charge in [-0.25, -0.2) is 4.98 Å². The van der Waals surface area contributed by atoms with E-state index < -0.39 is 0 Å². The number of hydrogen-bond acceptors (Lipinski definition) is 2. The summed E-state index contributed by atoms with van der Waals surface area (Å²) in [5, 5.41) is 4.17. The molecular formula is C14H18ClN3. The molecule has 3 nitrogen and oxygen atoms in total. The Bertz CT molecular complexity index is 505. The molecule has 0 unspecified atom stereocenters. The maximum absolute atomic E-state index is 5.99. The molecule has 0 aliphatic heterocycles. The van der Waals surface area contributed by atoms with Crippen molar-refractivity contribution < 1.29 is 0 Å². The van der Waals surface area contributed by atoms with Gasteiger partial charge < -0.3 is 9.88 Å². The van der Waals surface area contributed by atoms with E-state index in [1.165, 1.54) is 11.3 Å². The molecule has 0 fully saturated rings. The van der Waals surface area contributed by atoms with Crippen LogP contribution >= 0.6 is 11.6 Å². The Morgan fingerprint density at radius 1 is 1.39 bits per heavy atom. The summed E-state index contributed by atoms with van der Waals surface area (Å²) in [5.41, 5.74) is 2.37. The molecule has 0 bridgehead atoms. The summed E-state index contributed by atoms with van der Waals surface area (Å²) in [4.78, 5) is 4.21. The highest BCUT2D eigenvalue weighted by Crippen LogP contribution is 2.13. The van der Waals surface area contributed by atoms with Crippen molar-refractivity contribution in [2.75, 3.05) is 0 Å². The van der Waals surface area contributed by atoms with E-state index in [2.05, 4.69) is 34.8 Å². The topological polar surface area (TPSA) is 29.9 Å². The third-order valence-corrected chi connectivity index (χ3v) is 2.97. The van der Waals surface area contributed by atoms with Crippen LogP contribution in [0.3, 0.4) is 0 Å². The minimum atomic E-state index is 0.472. The maximum atomic E-state index is 5.99. The van der Waals surface area contributed by atoms with Crippen LogP contribution in [0, 0.1) is 0 Å². The van der Waals surface area contributed by atoms with Crippen molar-refractivity contribution in [1.29, 1.82) is 0 Å². The molecule has 0 radical (unpaired) electrons. The van der Waals surface area contributed by atoms with Gasteiger partial charge in [-0.3, -0.25) is 0 Å². The minimum absolute atomic E-state index is 0.472. The smallest absolute Gasteiger partial charge is 0.0951 e. The zero-order chi connectivity index (χ0) is 13.0. The van der Waals surface area contributed by atoms with E-state index in [0.29, 0.717) is 6.04 Å². The molecule has 1 aromatic heterocycles. The highest BCUT2D eigenvalue weighted by Gasteiger charge is 2.04. The first-order chi connectivity index (χ1) is 8.65. The molecule has 18 heavy (non-hydrogen) atoms. The normalized spacial score (nSPS) is 11.1. The Labute approximate surface area is 113 Å². The van der Waals surface area contributed by atoms with Gasteiger partial charge in [0.25, 0.3) is 0 Å². The number of nitrogens with one attached hydrogen (secondary N) is 1. The number of halogens is 1. The Hall–Kier alpha value is -1.32. The Morgan fingerprint density at radius 2 is 2.22 bits per heavy atom. The molecule has 96 valence electrons. The van der Waals surface area contributed by atoms with Gasteiger partial charge in [-0.1, -0.05) is 37.6 Å². The molecule has 1 heterocycles. The van der Waals surface area contributed by atoms with E-state index in [1.54, 1.807) is 0 Å². The van der Waals surface area contributed by atoms with E-state index in [1.807, 2.05) is 30.7 Å². The summed E-state index contributed by atoms with van der Waals surface area (Å²) < 4.78 is 2.14. The molecule has 4 heteroatoms. The molecule has 2 rings (SSSR count). The molecular weight excluding hydrogens is 246 g/mol. The quantitative estimate of drug-likeness (QED) is 0.899. The molecule has 0 aliphatic carbocycles. The monoisotopic (exact) mass is 263 g/mol. The number of nitrogens with zero attached hydrogens (tertiary/aromatic N) is 2. The van der Waals surface area contributed by atoms with Crippen LogP contribution in [0.4, 0.5) is 0 Å².